The number of carbonyl (C=O) groups is 1. The number of fused-ring (bicyclic) bond motifs is 1. The van der Waals surface area contributed by atoms with Gasteiger partial charge in [0.1, 0.15) is 11.6 Å². The number of halogens is 1. The summed E-state index contributed by atoms with van der Waals surface area (Å²) in [6.07, 6.45) is 3.76. The molecule has 34 heavy (non-hydrogen) atoms. The van der Waals surface area contributed by atoms with Gasteiger partial charge in [0, 0.05) is 37.3 Å². The number of nitrogens with one attached hydrogen (secondary N) is 2. The van der Waals surface area contributed by atoms with E-state index in [2.05, 4.69) is 20.5 Å². The molecule has 3 heterocycles. The summed E-state index contributed by atoms with van der Waals surface area (Å²) in [5.74, 6) is -0.953. The molecular formula is C26H24FN5O2. The summed E-state index contributed by atoms with van der Waals surface area (Å²) in [5.41, 5.74) is 2.86. The maximum absolute atomic E-state index is 14.7. The predicted molar refractivity (Wildman–Crippen MR) is 130 cm³/mol. The second kappa shape index (κ2) is 9.07. The van der Waals surface area contributed by atoms with E-state index in [0.29, 0.717) is 47.6 Å². The number of phenolic OH excluding ortho intramolecular Hbond substituents is 1. The van der Waals surface area contributed by atoms with Gasteiger partial charge in [0.2, 0.25) is 0 Å². The number of piperazine rings is 1. The van der Waals surface area contributed by atoms with Crippen LogP contribution in [0.15, 0.2) is 54.6 Å². The predicted octanol–water partition coefficient (Wildman–Crippen LogP) is 4.07. The summed E-state index contributed by atoms with van der Waals surface area (Å²) >= 11 is 0. The third-order valence-electron chi connectivity index (χ3n) is 6.01. The number of aromatic hydroxyl groups is 1. The van der Waals surface area contributed by atoms with Crippen molar-refractivity contribution in [2.45, 2.75) is 13.0 Å². The van der Waals surface area contributed by atoms with Gasteiger partial charge in [-0.3, -0.25) is 9.89 Å². The number of H-pyrrole nitrogens is 1. The lowest BCUT2D eigenvalue weighted by Gasteiger charge is -2.34. The van der Waals surface area contributed by atoms with Crippen LogP contribution in [0.4, 0.5) is 4.39 Å². The van der Waals surface area contributed by atoms with E-state index < -0.39 is 5.82 Å². The SMILES string of the molecule is CC1CNCCN1C(=O)c1cc(-c2ccc(O)cc2F)nc2[nH]nc(C=Cc3ccccc3)c12. The van der Waals surface area contributed by atoms with E-state index in [1.165, 1.54) is 12.1 Å². The smallest absolute Gasteiger partial charge is 0.255 e. The fourth-order valence-electron chi connectivity index (χ4n) is 4.23. The van der Waals surface area contributed by atoms with Crippen molar-refractivity contribution in [2.75, 3.05) is 19.6 Å². The van der Waals surface area contributed by atoms with Gasteiger partial charge >= 0.3 is 0 Å². The number of nitrogens with zero attached hydrogens (tertiary/aromatic N) is 3. The van der Waals surface area contributed by atoms with Gasteiger partial charge in [-0.1, -0.05) is 36.4 Å². The highest BCUT2D eigenvalue weighted by Gasteiger charge is 2.28. The molecule has 2 aromatic carbocycles. The van der Waals surface area contributed by atoms with Crippen molar-refractivity contribution in [1.29, 1.82) is 0 Å². The highest BCUT2D eigenvalue weighted by Crippen LogP contribution is 2.31. The average Bonchev–Trinajstić information content (AvgIpc) is 3.26. The van der Waals surface area contributed by atoms with Crippen molar-refractivity contribution >= 4 is 29.1 Å². The molecule has 4 aromatic rings. The van der Waals surface area contributed by atoms with Crippen molar-refractivity contribution in [3.8, 4) is 17.0 Å². The van der Waals surface area contributed by atoms with Crippen LogP contribution in [0.2, 0.25) is 0 Å². The van der Waals surface area contributed by atoms with Crippen LogP contribution < -0.4 is 5.32 Å². The van der Waals surface area contributed by atoms with Crippen molar-refractivity contribution in [3.05, 3.63) is 77.2 Å². The van der Waals surface area contributed by atoms with Crippen molar-refractivity contribution in [3.63, 3.8) is 0 Å². The van der Waals surface area contributed by atoms with E-state index in [-0.39, 0.29) is 23.3 Å². The number of hydrogen-bond donors (Lipinski definition) is 3. The van der Waals surface area contributed by atoms with E-state index in [1.807, 2.05) is 54.3 Å². The minimum Gasteiger partial charge on any atom is -0.508 e. The Morgan fingerprint density at radius 1 is 1.18 bits per heavy atom. The maximum Gasteiger partial charge on any atom is 0.255 e. The summed E-state index contributed by atoms with van der Waals surface area (Å²) in [7, 11) is 0. The fraction of sp³-hybridized carbons (Fsp3) is 0.192. The molecule has 8 heteroatoms. The third-order valence-corrected chi connectivity index (χ3v) is 6.01. The molecule has 1 saturated heterocycles. The van der Waals surface area contributed by atoms with Crippen molar-refractivity contribution < 1.29 is 14.3 Å². The van der Waals surface area contributed by atoms with Gasteiger partial charge in [0.25, 0.3) is 5.91 Å². The zero-order valence-electron chi connectivity index (χ0n) is 18.6. The molecule has 3 N–H and O–H groups in total. The van der Waals surface area contributed by atoms with Crippen LogP contribution in [0.25, 0.3) is 34.4 Å². The monoisotopic (exact) mass is 457 g/mol. The van der Waals surface area contributed by atoms with E-state index in [0.717, 1.165) is 11.6 Å². The van der Waals surface area contributed by atoms with Crippen LogP contribution in [0.5, 0.6) is 5.75 Å². The molecule has 1 fully saturated rings. The van der Waals surface area contributed by atoms with Crippen LogP contribution in [0, 0.1) is 5.82 Å². The molecule has 1 atom stereocenters. The lowest BCUT2D eigenvalue weighted by Crippen LogP contribution is -2.52. The Bertz CT molecular complexity index is 1380. The first-order chi connectivity index (χ1) is 16.5. The number of hydrogen-bond acceptors (Lipinski definition) is 5. The van der Waals surface area contributed by atoms with Crippen LogP contribution in [-0.4, -0.2) is 56.8 Å². The standard InChI is InChI=1S/C26H24FN5O2/c1-16-15-28-11-12-32(16)26(34)20-14-23(19-9-8-18(33)13-21(19)27)29-25-24(20)22(30-31-25)10-7-17-5-3-2-4-6-17/h2-10,13-14,16,28,33H,11-12,15H2,1H3,(H,29,30,31). The Morgan fingerprint density at radius 3 is 2.76 bits per heavy atom. The van der Waals surface area contributed by atoms with Gasteiger partial charge < -0.3 is 15.3 Å². The van der Waals surface area contributed by atoms with Crippen LogP contribution in [0.3, 0.4) is 0 Å². The van der Waals surface area contributed by atoms with E-state index in [1.54, 1.807) is 6.07 Å². The molecule has 0 radical (unpaired) electrons. The Hall–Kier alpha value is -4.04. The number of benzene rings is 2. The molecule has 0 spiro atoms. The topological polar surface area (TPSA) is 94.1 Å². The minimum atomic E-state index is -0.621. The molecule has 1 aliphatic heterocycles. The molecule has 0 saturated carbocycles. The van der Waals surface area contributed by atoms with Gasteiger partial charge in [-0.05, 0) is 36.8 Å². The Labute approximate surface area is 195 Å². The number of carbonyl (C=O) groups excluding carboxylic acids is 1. The molecule has 1 aliphatic rings. The normalized spacial score (nSPS) is 16.4. The van der Waals surface area contributed by atoms with Gasteiger partial charge in [0.05, 0.1) is 22.3 Å². The zero-order valence-corrected chi connectivity index (χ0v) is 18.6. The lowest BCUT2D eigenvalue weighted by molar-refractivity contribution is 0.0657. The quantitative estimate of drug-likeness (QED) is 0.429. The van der Waals surface area contributed by atoms with E-state index in [9.17, 15) is 14.3 Å². The van der Waals surface area contributed by atoms with Gasteiger partial charge in [-0.2, -0.15) is 5.10 Å². The summed E-state index contributed by atoms with van der Waals surface area (Å²) in [4.78, 5) is 20.1. The molecule has 5 rings (SSSR count). The van der Waals surface area contributed by atoms with Crippen LogP contribution >= 0.6 is 0 Å². The van der Waals surface area contributed by atoms with Gasteiger partial charge in [-0.15, -0.1) is 0 Å². The lowest BCUT2D eigenvalue weighted by atomic mass is 10.0. The van der Waals surface area contributed by atoms with E-state index in [4.69, 9.17) is 0 Å². The number of pyridine rings is 1. The summed E-state index contributed by atoms with van der Waals surface area (Å²) in [6.45, 7) is 3.97. The van der Waals surface area contributed by atoms with Crippen LogP contribution in [0.1, 0.15) is 28.5 Å². The first kappa shape index (κ1) is 21.8. The maximum atomic E-state index is 14.7. The van der Waals surface area contributed by atoms with Crippen molar-refractivity contribution in [2.24, 2.45) is 0 Å². The molecule has 2 aromatic heterocycles. The second-order valence-corrected chi connectivity index (χ2v) is 8.35. The first-order valence-electron chi connectivity index (χ1n) is 11.1. The Kier molecular flexibility index (Phi) is 5.81. The number of rotatable bonds is 4. The highest BCUT2D eigenvalue weighted by molar-refractivity contribution is 6.09. The average molecular weight is 458 g/mol. The number of amides is 1. The largest absolute Gasteiger partial charge is 0.508 e. The van der Waals surface area contributed by atoms with Crippen LogP contribution in [-0.2, 0) is 0 Å². The number of aromatic nitrogens is 3. The molecule has 172 valence electrons. The number of phenols is 1. The Balaban J connectivity index is 1.66. The van der Waals surface area contributed by atoms with Crippen molar-refractivity contribution in [1.82, 2.24) is 25.4 Å². The third kappa shape index (κ3) is 4.15. The molecule has 0 aliphatic carbocycles. The van der Waals surface area contributed by atoms with Gasteiger partial charge in [-0.25, -0.2) is 9.37 Å². The minimum absolute atomic E-state index is 0.00790. The first-order valence-corrected chi connectivity index (χ1v) is 11.1. The Morgan fingerprint density at radius 2 is 2.00 bits per heavy atom. The molecule has 1 amide bonds. The molecule has 7 nitrogen and oxygen atoms in total. The summed E-state index contributed by atoms with van der Waals surface area (Å²) < 4.78 is 14.7. The molecule has 0 bridgehead atoms. The highest BCUT2D eigenvalue weighted by atomic mass is 19.1. The van der Waals surface area contributed by atoms with Gasteiger partial charge in [0.15, 0.2) is 5.65 Å². The van der Waals surface area contributed by atoms with E-state index >= 15 is 0 Å². The summed E-state index contributed by atoms with van der Waals surface area (Å²) in [6, 6.07) is 15.3. The summed E-state index contributed by atoms with van der Waals surface area (Å²) in [5, 5.41) is 20.8. The second-order valence-electron chi connectivity index (χ2n) is 8.35. The number of aromatic amines is 1. The molecule has 1 unspecified atom stereocenters. The fourth-order valence-corrected chi connectivity index (χ4v) is 4.23. The zero-order chi connectivity index (χ0) is 23.7. The molecular weight excluding hydrogens is 433 g/mol.